The standard InChI is InChI=1S/C17H32O2/c1-2-3-4-5-6-7-8-9-10-11-12-13-14-15-17(19)16-18/h17-19H,2-8,11-16H2,1H3/t17-/m1/s1. The van der Waals surface area contributed by atoms with Gasteiger partial charge in [-0.15, -0.1) is 11.8 Å². The van der Waals surface area contributed by atoms with Crippen LogP contribution in [0, 0.1) is 11.8 Å². The third-order valence-electron chi connectivity index (χ3n) is 3.33. The molecule has 1 atom stereocenters. The van der Waals surface area contributed by atoms with E-state index in [9.17, 15) is 0 Å². The maximum absolute atomic E-state index is 9.16. The van der Waals surface area contributed by atoms with Crippen molar-refractivity contribution in [1.82, 2.24) is 0 Å². The van der Waals surface area contributed by atoms with Crippen LogP contribution in [0.1, 0.15) is 84.0 Å². The summed E-state index contributed by atoms with van der Waals surface area (Å²) in [5.41, 5.74) is 0. The first kappa shape index (κ1) is 18.5. The van der Waals surface area contributed by atoms with Crippen molar-refractivity contribution in [3.05, 3.63) is 0 Å². The lowest BCUT2D eigenvalue weighted by molar-refractivity contribution is 0.0861. The van der Waals surface area contributed by atoms with E-state index in [0.29, 0.717) is 6.42 Å². The van der Waals surface area contributed by atoms with Crippen molar-refractivity contribution < 1.29 is 10.2 Å². The number of hydrogen-bond donors (Lipinski definition) is 2. The number of hydrogen-bond acceptors (Lipinski definition) is 2. The molecule has 0 unspecified atom stereocenters. The van der Waals surface area contributed by atoms with E-state index in [2.05, 4.69) is 18.8 Å². The second-order valence-electron chi connectivity index (χ2n) is 5.31. The molecule has 2 nitrogen and oxygen atoms in total. The van der Waals surface area contributed by atoms with Gasteiger partial charge in [0, 0.05) is 12.8 Å². The number of aliphatic hydroxyl groups is 2. The average molecular weight is 268 g/mol. The van der Waals surface area contributed by atoms with Gasteiger partial charge in [-0.1, -0.05) is 51.9 Å². The van der Waals surface area contributed by atoms with Crippen LogP contribution >= 0.6 is 0 Å². The van der Waals surface area contributed by atoms with Gasteiger partial charge >= 0.3 is 0 Å². The van der Waals surface area contributed by atoms with Gasteiger partial charge in [-0.2, -0.15) is 0 Å². The van der Waals surface area contributed by atoms with E-state index in [1.807, 2.05) is 0 Å². The molecule has 2 N–H and O–H groups in total. The second-order valence-corrected chi connectivity index (χ2v) is 5.31. The van der Waals surface area contributed by atoms with Crippen molar-refractivity contribution in [1.29, 1.82) is 0 Å². The summed E-state index contributed by atoms with van der Waals surface area (Å²) in [6.45, 7) is 2.13. The molecule has 0 aliphatic rings. The van der Waals surface area contributed by atoms with Gasteiger partial charge in [-0.05, 0) is 19.3 Å². The molecule has 0 spiro atoms. The zero-order valence-corrected chi connectivity index (χ0v) is 12.7. The molecular weight excluding hydrogens is 236 g/mol. The highest BCUT2D eigenvalue weighted by atomic mass is 16.3. The molecule has 0 radical (unpaired) electrons. The highest BCUT2D eigenvalue weighted by Crippen LogP contribution is 2.07. The SMILES string of the molecule is CCCCCCCCC#CCCCCC[C@@H](O)CO. The summed E-state index contributed by atoms with van der Waals surface area (Å²) in [7, 11) is 0. The Morgan fingerprint density at radius 2 is 1.32 bits per heavy atom. The Morgan fingerprint density at radius 1 is 0.789 bits per heavy atom. The Bertz CT molecular complexity index is 227. The Balaban J connectivity index is 3.14. The predicted molar refractivity (Wildman–Crippen MR) is 81.9 cm³/mol. The first-order valence-electron chi connectivity index (χ1n) is 8.06. The summed E-state index contributed by atoms with van der Waals surface area (Å²) in [5.74, 6) is 6.48. The molecule has 0 heterocycles. The minimum absolute atomic E-state index is 0.113. The Labute approximate surface area is 119 Å². The largest absolute Gasteiger partial charge is 0.394 e. The highest BCUT2D eigenvalue weighted by molar-refractivity contribution is 4.98. The maximum Gasteiger partial charge on any atom is 0.0770 e. The molecule has 0 aromatic rings. The molecule has 0 amide bonds. The van der Waals surface area contributed by atoms with Gasteiger partial charge in [-0.3, -0.25) is 0 Å². The number of aliphatic hydroxyl groups excluding tert-OH is 2. The summed E-state index contributed by atoms with van der Waals surface area (Å²) in [6.07, 6.45) is 13.4. The molecule has 0 aliphatic carbocycles. The first-order chi connectivity index (χ1) is 9.31. The molecule has 19 heavy (non-hydrogen) atoms. The predicted octanol–water partition coefficient (Wildman–Crippen LogP) is 4.04. The van der Waals surface area contributed by atoms with Gasteiger partial charge in [0.1, 0.15) is 0 Å². The van der Waals surface area contributed by atoms with Gasteiger partial charge in [0.2, 0.25) is 0 Å². The molecular formula is C17H32O2. The topological polar surface area (TPSA) is 40.5 Å². The second kappa shape index (κ2) is 15.5. The minimum atomic E-state index is -0.529. The zero-order chi connectivity index (χ0) is 14.2. The summed E-state index contributed by atoms with van der Waals surface area (Å²) in [4.78, 5) is 0. The fraction of sp³-hybridized carbons (Fsp3) is 0.882. The van der Waals surface area contributed by atoms with Crippen molar-refractivity contribution in [3.63, 3.8) is 0 Å². The molecule has 0 aromatic heterocycles. The van der Waals surface area contributed by atoms with E-state index < -0.39 is 6.10 Å². The fourth-order valence-electron chi connectivity index (χ4n) is 2.03. The smallest absolute Gasteiger partial charge is 0.0770 e. The van der Waals surface area contributed by atoms with Crippen molar-refractivity contribution >= 4 is 0 Å². The lowest BCUT2D eigenvalue weighted by atomic mass is 10.1. The zero-order valence-electron chi connectivity index (χ0n) is 12.7. The Kier molecular flexibility index (Phi) is 15.1. The van der Waals surface area contributed by atoms with E-state index in [1.54, 1.807) is 0 Å². The third kappa shape index (κ3) is 15.4. The van der Waals surface area contributed by atoms with Gasteiger partial charge in [0.15, 0.2) is 0 Å². The summed E-state index contributed by atoms with van der Waals surface area (Å²) >= 11 is 0. The van der Waals surface area contributed by atoms with Crippen molar-refractivity contribution in [2.45, 2.75) is 90.1 Å². The average Bonchev–Trinajstić information content (AvgIpc) is 2.43. The Morgan fingerprint density at radius 3 is 1.89 bits per heavy atom. The lowest BCUT2D eigenvalue weighted by Gasteiger charge is -2.04. The fourth-order valence-corrected chi connectivity index (χ4v) is 2.03. The molecule has 0 bridgehead atoms. The van der Waals surface area contributed by atoms with E-state index in [1.165, 1.54) is 38.5 Å². The minimum Gasteiger partial charge on any atom is -0.394 e. The summed E-state index contributed by atoms with van der Waals surface area (Å²) in [5, 5.41) is 17.8. The number of unbranched alkanes of at least 4 members (excludes halogenated alkanes) is 9. The first-order valence-corrected chi connectivity index (χ1v) is 8.06. The van der Waals surface area contributed by atoms with Crippen LogP contribution in [0.15, 0.2) is 0 Å². The van der Waals surface area contributed by atoms with Crippen LogP contribution in [0.2, 0.25) is 0 Å². The van der Waals surface area contributed by atoms with Crippen molar-refractivity contribution in [2.24, 2.45) is 0 Å². The summed E-state index contributed by atoms with van der Waals surface area (Å²) < 4.78 is 0. The van der Waals surface area contributed by atoms with Crippen LogP contribution in [0.5, 0.6) is 0 Å². The van der Waals surface area contributed by atoms with Crippen LogP contribution in [-0.2, 0) is 0 Å². The summed E-state index contributed by atoms with van der Waals surface area (Å²) in [6, 6.07) is 0. The van der Waals surface area contributed by atoms with E-state index in [0.717, 1.165) is 32.1 Å². The molecule has 2 heteroatoms. The van der Waals surface area contributed by atoms with Gasteiger partial charge in [0.05, 0.1) is 12.7 Å². The molecule has 0 fully saturated rings. The maximum atomic E-state index is 9.16. The molecule has 112 valence electrons. The normalized spacial score (nSPS) is 11.9. The molecule has 0 aromatic carbocycles. The van der Waals surface area contributed by atoms with Crippen LogP contribution < -0.4 is 0 Å². The highest BCUT2D eigenvalue weighted by Gasteiger charge is 1.99. The lowest BCUT2D eigenvalue weighted by Crippen LogP contribution is -2.10. The molecule has 0 saturated heterocycles. The van der Waals surface area contributed by atoms with Gasteiger partial charge < -0.3 is 10.2 Å². The van der Waals surface area contributed by atoms with Crippen LogP contribution in [0.25, 0.3) is 0 Å². The molecule has 0 rings (SSSR count). The van der Waals surface area contributed by atoms with Crippen LogP contribution in [0.3, 0.4) is 0 Å². The molecule has 0 saturated carbocycles. The van der Waals surface area contributed by atoms with Gasteiger partial charge in [0.25, 0.3) is 0 Å². The Hall–Kier alpha value is -0.520. The van der Waals surface area contributed by atoms with E-state index in [4.69, 9.17) is 10.2 Å². The quantitative estimate of drug-likeness (QED) is 0.414. The molecule has 0 aliphatic heterocycles. The monoisotopic (exact) mass is 268 g/mol. The van der Waals surface area contributed by atoms with E-state index in [-0.39, 0.29) is 6.61 Å². The third-order valence-corrected chi connectivity index (χ3v) is 3.33. The number of rotatable bonds is 12. The van der Waals surface area contributed by atoms with Crippen LogP contribution in [-0.4, -0.2) is 22.9 Å². The van der Waals surface area contributed by atoms with Crippen LogP contribution in [0.4, 0.5) is 0 Å². The van der Waals surface area contributed by atoms with Crippen molar-refractivity contribution in [3.8, 4) is 11.8 Å². The van der Waals surface area contributed by atoms with E-state index >= 15 is 0 Å². The van der Waals surface area contributed by atoms with Crippen molar-refractivity contribution in [2.75, 3.05) is 6.61 Å². The van der Waals surface area contributed by atoms with Gasteiger partial charge in [-0.25, -0.2) is 0 Å².